The molecule has 0 aromatic rings. The maximum Gasteiger partial charge on any atom is 0.224 e. The first kappa shape index (κ1) is 8.92. The molecule has 0 saturated carbocycles. The Balaban J connectivity index is 3.63. The van der Waals surface area contributed by atoms with Gasteiger partial charge in [0.25, 0.3) is 0 Å². The van der Waals surface area contributed by atoms with Gasteiger partial charge in [-0.2, -0.15) is 0 Å². The molecule has 0 fully saturated rings. The van der Waals surface area contributed by atoms with Crippen molar-refractivity contribution in [3.8, 4) is 0 Å². The number of rotatable bonds is 3. The summed E-state index contributed by atoms with van der Waals surface area (Å²) in [5.74, 6) is -0.461. The van der Waals surface area contributed by atoms with Crippen LogP contribution in [0.2, 0.25) is 0 Å². The van der Waals surface area contributed by atoms with E-state index in [1.165, 1.54) is 0 Å². The molecule has 9 heavy (non-hydrogen) atoms. The molecule has 0 saturated heterocycles. The molecule has 0 aromatic heterocycles. The number of hydrogen-bond acceptors (Lipinski definition) is 2. The minimum atomic E-state index is -0.531. The Morgan fingerprint density at radius 1 is 1.44 bits per heavy atom. The monoisotopic (exact) mass is 168 g/mol. The maximum atomic E-state index is 10.2. The highest BCUT2D eigenvalue weighted by molar-refractivity contribution is 6.66. The van der Waals surface area contributed by atoms with E-state index >= 15 is 0 Å². The molecule has 0 spiro atoms. The van der Waals surface area contributed by atoms with Gasteiger partial charge in [-0.05, 0) is 23.2 Å². The highest BCUT2D eigenvalue weighted by atomic mass is 35.5. The zero-order valence-corrected chi connectivity index (χ0v) is 6.37. The molecule has 0 unspecified atom stereocenters. The largest absolute Gasteiger partial charge is 0.281 e. The van der Waals surface area contributed by atoms with Crippen LogP contribution in [0, 0.1) is 5.92 Å². The molecular formula is C5H6Cl2O2. The fraction of sp³-hybridized carbons (Fsp3) is 0.600. The Labute approximate surface area is 63.1 Å². The van der Waals surface area contributed by atoms with Crippen LogP contribution in [-0.4, -0.2) is 10.5 Å². The zero-order chi connectivity index (χ0) is 7.44. The van der Waals surface area contributed by atoms with Crippen LogP contribution in [0.15, 0.2) is 0 Å². The topological polar surface area (TPSA) is 34.1 Å². The van der Waals surface area contributed by atoms with E-state index in [2.05, 4.69) is 0 Å². The highest BCUT2D eigenvalue weighted by Crippen LogP contribution is 2.07. The molecule has 0 amide bonds. The Bertz CT molecular complexity index is 133. The molecule has 0 aliphatic heterocycles. The summed E-state index contributed by atoms with van der Waals surface area (Å²) in [5, 5.41) is -1.06. The lowest BCUT2D eigenvalue weighted by Crippen LogP contribution is -2.06. The lowest BCUT2D eigenvalue weighted by Gasteiger charge is -1.98. The SMILES string of the molecule is C[C@H](CC(=O)Cl)C(=O)Cl. The van der Waals surface area contributed by atoms with Gasteiger partial charge in [0.05, 0.1) is 0 Å². The van der Waals surface area contributed by atoms with Crippen molar-refractivity contribution in [1.29, 1.82) is 0 Å². The summed E-state index contributed by atoms with van der Waals surface area (Å²) in [6.07, 6.45) is 0.0177. The first-order valence-electron chi connectivity index (χ1n) is 2.41. The van der Waals surface area contributed by atoms with Gasteiger partial charge < -0.3 is 0 Å². The zero-order valence-electron chi connectivity index (χ0n) is 4.86. The van der Waals surface area contributed by atoms with Crippen molar-refractivity contribution in [3.05, 3.63) is 0 Å². The van der Waals surface area contributed by atoms with Crippen molar-refractivity contribution >= 4 is 33.7 Å². The quantitative estimate of drug-likeness (QED) is 0.600. The van der Waals surface area contributed by atoms with Crippen LogP contribution < -0.4 is 0 Å². The number of carbonyl (C=O) groups excluding carboxylic acids is 2. The van der Waals surface area contributed by atoms with Gasteiger partial charge in [-0.25, -0.2) is 0 Å². The molecule has 0 aromatic carbocycles. The van der Waals surface area contributed by atoms with Crippen molar-refractivity contribution in [2.24, 2.45) is 5.92 Å². The lowest BCUT2D eigenvalue weighted by molar-refractivity contribution is -0.119. The van der Waals surface area contributed by atoms with E-state index in [0.717, 1.165) is 0 Å². The minimum Gasteiger partial charge on any atom is -0.281 e. The summed E-state index contributed by atoms with van der Waals surface area (Å²) in [5.41, 5.74) is 0. The van der Waals surface area contributed by atoms with Crippen LogP contribution >= 0.6 is 23.2 Å². The molecule has 4 heteroatoms. The van der Waals surface area contributed by atoms with Crippen LogP contribution in [0.5, 0.6) is 0 Å². The highest BCUT2D eigenvalue weighted by Gasteiger charge is 2.12. The van der Waals surface area contributed by atoms with Crippen LogP contribution in [0.3, 0.4) is 0 Å². The summed E-state index contributed by atoms with van der Waals surface area (Å²) in [6, 6.07) is 0. The normalized spacial score (nSPS) is 12.8. The van der Waals surface area contributed by atoms with E-state index in [4.69, 9.17) is 23.2 Å². The molecule has 0 N–H and O–H groups in total. The van der Waals surface area contributed by atoms with Crippen LogP contribution in [0.25, 0.3) is 0 Å². The van der Waals surface area contributed by atoms with Crippen LogP contribution in [0.1, 0.15) is 13.3 Å². The average Bonchev–Trinajstić information content (AvgIpc) is 1.63. The third-order valence-corrected chi connectivity index (χ3v) is 1.38. The van der Waals surface area contributed by atoms with E-state index in [0.29, 0.717) is 0 Å². The summed E-state index contributed by atoms with van der Waals surface area (Å²) in [6.45, 7) is 1.55. The van der Waals surface area contributed by atoms with Crippen molar-refractivity contribution in [2.75, 3.05) is 0 Å². The average molecular weight is 169 g/mol. The summed E-state index contributed by atoms with van der Waals surface area (Å²) in [7, 11) is 0. The molecule has 0 bridgehead atoms. The first-order valence-corrected chi connectivity index (χ1v) is 3.17. The fourth-order valence-electron chi connectivity index (χ4n) is 0.321. The summed E-state index contributed by atoms with van der Waals surface area (Å²) in [4.78, 5) is 20.3. The van der Waals surface area contributed by atoms with Gasteiger partial charge in [-0.3, -0.25) is 9.59 Å². The molecule has 2 nitrogen and oxygen atoms in total. The third-order valence-electron chi connectivity index (χ3n) is 0.854. The smallest absolute Gasteiger partial charge is 0.224 e. The number of hydrogen-bond donors (Lipinski definition) is 0. The van der Waals surface area contributed by atoms with E-state index in [1.54, 1.807) is 6.92 Å². The van der Waals surface area contributed by atoms with Gasteiger partial charge in [-0.15, -0.1) is 0 Å². The van der Waals surface area contributed by atoms with Gasteiger partial charge in [0, 0.05) is 12.3 Å². The summed E-state index contributed by atoms with van der Waals surface area (Å²) < 4.78 is 0. The number of halogens is 2. The summed E-state index contributed by atoms with van der Waals surface area (Å²) >= 11 is 9.99. The Kier molecular flexibility index (Phi) is 3.82. The van der Waals surface area contributed by atoms with Gasteiger partial charge in [0.1, 0.15) is 0 Å². The molecular weight excluding hydrogens is 163 g/mol. The second-order valence-corrected chi connectivity index (χ2v) is 2.56. The van der Waals surface area contributed by atoms with Gasteiger partial charge >= 0.3 is 0 Å². The van der Waals surface area contributed by atoms with Gasteiger partial charge in [-0.1, -0.05) is 6.92 Å². The van der Waals surface area contributed by atoms with Crippen LogP contribution in [-0.2, 0) is 9.59 Å². The molecule has 52 valence electrons. The predicted molar refractivity (Wildman–Crippen MR) is 35.5 cm³/mol. The van der Waals surface area contributed by atoms with Gasteiger partial charge in [0.2, 0.25) is 10.5 Å². The van der Waals surface area contributed by atoms with Crippen molar-refractivity contribution in [3.63, 3.8) is 0 Å². The van der Waals surface area contributed by atoms with Crippen molar-refractivity contribution in [2.45, 2.75) is 13.3 Å². The van der Waals surface area contributed by atoms with Crippen molar-refractivity contribution < 1.29 is 9.59 Å². The standard InChI is InChI=1S/C5H6Cl2O2/c1-3(5(7)9)2-4(6)8/h3H,2H2,1H3/t3-/m1/s1. The fourth-order valence-corrected chi connectivity index (χ4v) is 0.630. The molecule has 0 aliphatic carbocycles. The molecule has 0 aliphatic rings. The Morgan fingerprint density at radius 2 is 1.89 bits per heavy atom. The minimum absolute atomic E-state index is 0.0177. The molecule has 0 rings (SSSR count). The van der Waals surface area contributed by atoms with Gasteiger partial charge in [0.15, 0.2) is 0 Å². The van der Waals surface area contributed by atoms with E-state index in [-0.39, 0.29) is 6.42 Å². The van der Waals surface area contributed by atoms with E-state index in [9.17, 15) is 9.59 Å². The Morgan fingerprint density at radius 3 is 2.00 bits per heavy atom. The van der Waals surface area contributed by atoms with E-state index in [1.807, 2.05) is 0 Å². The molecule has 0 radical (unpaired) electrons. The third kappa shape index (κ3) is 4.43. The number of carbonyl (C=O) groups is 2. The second kappa shape index (κ2) is 3.85. The van der Waals surface area contributed by atoms with Crippen LogP contribution in [0.4, 0.5) is 0 Å². The second-order valence-electron chi connectivity index (χ2n) is 1.76. The molecule has 1 atom stereocenters. The Hall–Kier alpha value is -0.0800. The lowest BCUT2D eigenvalue weighted by atomic mass is 10.1. The van der Waals surface area contributed by atoms with E-state index < -0.39 is 16.4 Å². The predicted octanol–water partition coefficient (Wildman–Crippen LogP) is 1.54. The van der Waals surface area contributed by atoms with Crippen molar-refractivity contribution in [1.82, 2.24) is 0 Å². The first-order chi connectivity index (χ1) is 4.04. The maximum absolute atomic E-state index is 10.2. The molecule has 0 heterocycles.